The summed E-state index contributed by atoms with van der Waals surface area (Å²) >= 11 is 0.216. The second kappa shape index (κ2) is 2.36. The zero-order valence-electron chi connectivity index (χ0n) is 6.07. The molecule has 0 saturated heterocycles. The Morgan fingerprint density at radius 1 is 1.36 bits per heavy atom. The average molecular weight is 212 g/mol. The molecule has 2 aromatic rings. The van der Waals surface area contributed by atoms with Gasteiger partial charge in [0, 0.05) is 0 Å². The summed E-state index contributed by atoms with van der Waals surface area (Å²) in [5.74, 6) is 0. The molecular formula is C8H7NOSe. The summed E-state index contributed by atoms with van der Waals surface area (Å²) < 4.78 is 2.99. The molecular weight excluding hydrogens is 205 g/mol. The first-order chi connectivity index (χ1) is 5.29. The topological polar surface area (TPSA) is 22.0 Å². The summed E-state index contributed by atoms with van der Waals surface area (Å²) in [5.41, 5.74) is 0.167. The quantitative estimate of drug-likeness (QED) is 0.586. The van der Waals surface area contributed by atoms with Gasteiger partial charge in [0.1, 0.15) is 0 Å². The first-order valence-corrected chi connectivity index (χ1v) is 4.96. The summed E-state index contributed by atoms with van der Waals surface area (Å²) in [6, 6.07) is 7.80. The van der Waals surface area contributed by atoms with E-state index >= 15 is 0 Å². The number of aryl methyl sites for hydroxylation is 1. The van der Waals surface area contributed by atoms with Crippen LogP contribution in [0.25, 0.3) is 9.65 Å². The molecule has 0 atom stereocenters. The van der Waals surface area contributed by atoms with Gasteiger partial charge in [0.25, 0.3) is 0 Å². The molecule has 3 heteroatoms. The van der Waals surface area contributed by atoms with Crippen LogP contribution in [0.2, 0.25) is 0 Å². The van der Waals surface area contributed by atoms with Crippen LogP contribution in [0.1, 0.15) is 0 Å². The van der Waals surface area contributed by atoms with Gasteiger partial charge in [-0.15, -0.1) is 0 Å². The van der Waals surface area contributed by atoms with E-state index in [2.05, 4.69) is 0 Å². The van der Waals surface area contributed by atoms with Crippen LogP contribution in [-0.4, -0.2) is 18.3 Å². The second-order valence-electron chi connectivity index (χ2n) is 2.39. The molecule has 56 valence electrons. The van der Waals surface area contributed by atoms with Crippen LogP contribution >= 0.6 is 0 Å². The molecule has 11 heavy (non-hydrogen) atoms. The van der Waals surface area contributed by atoms with Gasteiger partial charge in [-0.2, -0.15) is 0 Å². The van der Waals surface area contributed by atoms with Crippen molar-refractivity contribution in [3.05, 3.63) is 34.6 Å². The average Bonchev–Trinajstić information content (AvgIpc) is 2.30. The van der Waals surface area contributed by atoms with Gasteiger partial charge in [-0.1, -0.05) is 0 Å². The predicted octanol–water partition coefficient (Wildman–Crippen LogP) is 0.595. The number of fused-ring (bicyclic) bond motifs is 1. The van der Waals surface area contributed by atoms with Crippen LogP contribution in [0.5, 0.6) is 0 Å². The van der Waals surface area contributed by atoms with Crippen LogP contribution in [0.4, 0.5) is 0 Å². The Balaban J connectivity index is 3.04. The molecule has 1 aromatic heterocycles. The van der Waals surface area contributed by atoms with Gasteiger partial charge >= 0.3 is 69.6 Å². The number of nitrogens with zero attached hydrogens (tertiary/aromatic N) is 1. The maximum absolute atomic E-state index is 11.3. The molecule has 0 saturated carbocycles. The molecule has 1 heterocycles. The van der Waals surface area contributed by atoms with Crippen molar-refractivity contribution >= 4 is 24.4 Å². The molecule has 2 nitrogen and oxygen atoms in total. The number of benzene rings is 1. The third kappa shape index (κ3) is 0.970. The Morgan fingerprint density at radius 2 is 2.09 bits per heavy atom. The zero-order chi connectivity index (χ0) is 7.84. The normalized spacial score (nSPS) is 10.6. The molecule has 0 amide bonds. The van der Waals surface area contributed by atoms with Gasteiger partial charge < -0.3 is 0 Å². The fourth-order valence-corrected chi connectivity index (χ4v) is 2.91. The van der Waals surface area contributed by atoms with Gasteiger partial charge in [-0.25, -0.2) is 0 Å². The Bertz CT molecular complexity index is 441. The fraction of sp³-hybridized carbons (Fsp3) is 0.125. The number of rotatable bonds is 0. The van der Waals surface area contributed by atoms with Crippen LogP contribution in [0.15, 0.2) is 29.1 Å². The van der Waals surface area contributed by atoms with Crippen molar-refractivity contribution in [2.24, 2.45) is 7.05 Å². The molecule has 2 rings (SSSR count). The maximum atomic E-state index is 11.3. The summed E-state index contributed by atoms with van der Waals surface area (Å²) in [5, 5.41) is 0.884. The molecule has 0 fully saturated rings. The molecule has 1 aromatic carbocycles. The summed E-state index contributed by atoms with van der Waals surface area (Å²) in [7, 11) is 1.85. The van der Waals surface area contributed by atoms with Crippen molar-refractivity contribution in [2.45, 2.75) is 0 Å². The molecule has 0 aliphatic heterocycles. The Labute approximate surface area is 70.0 Å². The van der Waals surface area contributed by atoms with E-state index in [4.69, 9.17) is 0 Å². The third-order valence-corrected chi connectivity index (χ3v) is 3.72. The van der Waals surface area contributed by atoms with Crippen molar-refractivity contribution in [1.29, 1.82) is 0 Å². The first-order valence-electron chi connectivity index (χ1n) is 3.34. The minimum absolute atomic E-state index is 0.167. The number of hydrogen-bond acceptors (Lipinski definition) is 1. The van der Waals surface area contributed by atoms with Gasteiger partial charge in [0.15, 0.2) is 0 Å². The van der Waals surface area contributed by atoms with E-state index < -0.39 is 0 Å². The van der Waals surface area contributed by atoms with Crippen LogP contribution in [0.3, 0.4) is 0 Å². The van der Waals surface area contributed by atoms with Crippen LogP contribution in [-0.2, 0) is 7.05 Å². The summed E-state index contributed by atoms with van der Waals surface area (Å²) in [6.07, 6.45) is 0. The molecule has 0 aliphatic carbocycles. The minimum atomic E-state index is 0.167. The SMILES string of the molecule is Cn1[se]c2ccccc2c1=O. The van der Waals surface area contributed by atoms with E-state index in [0.717, 1.165) is 5.39 Å². The molecule has 0 bridgehead atoms. The van der Waals surface area contributed by atoms with Gasteiger partial charge in [0.2, 0.25) is 0 Å². The Kier molecular flexibility index (Phi) is 1.48. The fourth-order valence-electron chi connectivity index (χ4n) is 1.08. The van der Waals surface area contributed by atoms with Crippen molar-refractivity contribution in [3.8, 4) is 0 Å². The van der Waals surface area contributed by atoms with Crippen molar-refractivity contribution < 1.29 is 0 Å². The van der Waals surface area contributed by atoms with Gasteiger partial charge in [-0.3, -0.25) is 0 Å². The third-order valence-electron chi connectivity index (χ3n) is 1.64. The Morgan fingerprint density at radius 3 is 2.82 bits per heavy atom. The Hall–Kier alpha value is -0.791. The zero-order valence-corrected chi connectivity index (χ0v) is 7.79. The van der Waals surface area contributed by atoms with Crippen molar-refractivity contribution in [1.82, 2.24) is 3.56 Å². The standard InChI is InChI=1S/C8H7NOSe/c1-9-8(10)6-4-2-3-5-7(6)11-9/h2-5H,1H3. The van der Waals surface area contributed by atoms with Gasteiger partial charge in [-0.05, 0) is 0 Å². The first kappa shape index (κ1) is 6.89. The molecule has 0 spiro atoms. The van der Waals surface area contributed by atoms with E-state index in [1.165, 1.54) is 4.26 Å². The molecule has 0 radical (unpaired) electrons. The van der Waals surface area contributed by atoms with E-state index in [1.54, 1.807) is 3.56 Å². The molecule has 0 aliphatic rings. The number of aromatic nitrogens is 1. The van der Waals surface area contributed by atoms with E-state index in [-0.39, 0.29) is 20.3 Å². The van der Waals surface area contributed by atoms with Gasteiger partial charge in [0.05, 0.1) is 0 Å². The molecule has 0 N–H and O–H groups in total. The van der Waals surface area contributed by atoms with E-state index in [0.29, 0.717) is 0 Å². The van der Waals surface area contributed by atoms with Crippen LogP contribution < -0.4 is 5.56 Å². The van der Waals surface area contributed by atoms with E-state index in [9.17, 15) is 4.79 Å². The number of hydrogen-bond donors (Lipinski definition) is 0. The monoisotopic (exact) mass is 213 g/mol. The van der Waals surface area contributed by atoms with Crippen molar-refractivity contribution in [3.63, 3.8) is 0 Å². The molecule has 0 unspecified atom stereocenters. The van der Waals surface area contributed by atoms with E-state index in [1.807, 2.05) is 31.3 Å². The summed E-state index contributed by atoms with van der Waals surface area (Å²) in [6.45, 7) is 0. The second-order valence-corrected chi connectivity index (χ2v) is 4.85. The predicted molar refractivity (Wildman–Crippen MR) is 46.1 cm³/mol. The van der Waals surface area contributed by atoms with Crippen LogP contribution in [0, 0.1) is 0 Å². The van der Waals surface area contributed by atoms with Crippen molar-refractivity contribution in [2.75, 3.05) is 0 Å². The summed E-state index contributed by atoms with van der Waals surface area (Å²) in [4.78, 5) is 11.3.